The van der Waals surface area contributed by atoms with Crippen molar-refractivity contribution >= 4 is 0 Å². The lowest BCUT2D eigenvalue weighted by molar-refractivity contribution is 0.154. The van der Waals surface area contributed by atoms with Gasteiger partial charge in [-0.1, -0.05) is 152 Å². The summed E-state index contributed by atoms with van der Waals surface area (Å²) in [6.07, 6.45) is 47.2. The number of unbranched alkanes of at least 4 members (excludes halogenated alkanes) is 16. The molecule has 0 aromatic rings. The van der Waals surface area contributed by atoms with Crippen molar-refractivity contribution in [1.82, 2.24) is 15.5 Å². The molecule has 0 rings (SSSR count). The standard InChI is InChI=1S/C43H83N3O2/c1-4-6-8-10-12-14-16-18-20-22-24-26-28-30-32-34-42(47)40-44-36-38-46(3)39-37-45-41-43(48)35-33-31-29-27-25-23-21-19-17-15-13-11-9-7-5-2/h10-13,16-19,42-45,47-48H,4-9,14-15,20-41H2,1-3H3/b12-10-,13-11-,18-16-,19-17-. The molecule has 0 aromatic carbocycles. The van der Waals surface area contributed by atoms with Gasteiger partial charge in [0.15, 0.2) is 0 Å². The Labute approximate surface area is 300 Å². The van der Waals surface area contributed by atoms with Gasteiger partial charge in [-0.05, 0) is 71.3 Å². The molecule has 0 aliphatic rings. The quantitative estimate of drug-likeness (QED) is 0.0388. The highest BCUT2D eigenvalue weighted by Crippen LogP contribution is 2.12. The Balaban J connectivity index is 3.43. The van der Waals surface area contributed by atoms with Crippen LogP contribution in [-0.4, -0.2) is 73.6 Å². The van der Waals surface area contributed by atoms with Crippen LogP contribution in [0.5, 0.6) is 0 Å². The molecule has 282 valence electrons. The van der Waals surface area contributed by atoms with Crippen LogP contribution in [0.1, 0.15) is 168 Å². The minimum absolute atomic E-state index is 0.236. The van der Waals surface area contributed by atoms with E-state index in [1.807, 2.05) is 0 Å². The summed E-state index contributed by atoms with van der Waals surface area (Å²) in [6, 6.07) is 0. The Morgan fingerprint density at radius 2 is 0.792 bits per heavy atom. The number of nitrogens with zero attached hydrogens (tertiary/aromatic N) is 1. The van der Waals surface area contributed by atoms with Gasteiger partial charge < -0.3 is 25.7 Å². The molecule has 0 spiro atoms. The van der Waals surface area contributed by atoms with E-state index in [0.717, 1.165) is 64.7 Å². The lowest BCUT2D eigenvalue weighted by atomic mass is 10.1. The van der Waals surface area contributed by atoms with Crippen LogP contribution in [0.25, 0.3) is 0 Å². The van der Waals surface area contributed by atoms with Crippen molar-refractivity contribution in [3.63, 3.8) is 0 Å². The molecule has 0 saturated carbocycles. The number of allylic oxidation sites excluding steroid dienone is 8. The number of hydrogen-bond acceptors (Lipinski definition) is 5. The molecule has 0 fully saturated rings. The molecular formula is C43H83N3O2. The van der Waals surface area contributed by atoms with Gasteiger partial charge in [-0.15, -0.1) is 0 Å². The average Bonchev–Trinajstić information content (AvgIpc) is 3.08. The monoisotopic (exact) mass is 674 g/mol. The summed E-state index contributed by atoms with van der Waals surface area (Å²) in [4.78, 5) is 2.31. The molecule has 5 heteroatoms. The topological polar surface area (TPSA) is 67.8 Å². The molecule has 0 aliphatic heterocycles. The van der Waals surface area contributed by atoms with E-state index in [4.69, 9.17) is 0 Å². The second-order valence-electron chi connectivity index (χ2n) is 14.1. The number of aliphatic hydroxyl groups excluding tert-OH is 2. The van der Waals surface area contributed by atoms with Crippen LogP contribution in [-0.2, 0) is 0 Å². The van der Waals surface area contributed by atoms with Crippen molar-refractivity contribution in [2.75, 3.05) is 46.3 Å². The van der Waals surface area contributed by atoms with Gasteiger partial charge in [0.05, 0.1) is 12.2 Å². The lowest BCUT2D eigenvalue weighted by Crippen LogP contribution is -2.38. The van der Waals surface area contributed by atoms with E-state index in [0.29, 0.717) is 13.1 Å². The Morgan fingerprint density at radius 3 is 1.17 bits per heavy atom. The van der Waals surface area contributed by atoms with E-state index < -0.39 is 0 Å². The lowest BCUT2D eigenvalue weighted by Gasteiger charge is -2.19. The summed E-state index contributed by atoms with van der Waals surface area (Å²) in [7, 11) is 2.14. The molecule has 0 bridgehead atoms. The van der Waals surface area contributed by atoms with Gasteiger partial charge >= 0.3 is 0 Å². The van der Waals surface area contributed by atoms with Gasteiger partial charge in [0.1, 0.15) is 0 Å². The fourth-order valence-corrected chi connectivity index (χ4v) is 5.75. The zero-order chi connectivity index (χ0) is 35.0. The predicted molar refractivity (Wildman–Crippen MR) is 214 cm³/mol. The molecule has 0 aromatic heterocycles. The minimum Gasteiger partial charge on any atom is -0.392 e. The summed E-state index contributed by atoms with van der Waals surface area (Å²) in [5.41, 5.74) is 0. The fourth-order valence-electron chi connectivity index (χ4n) is 5.75. The molecule has 0 amide bonds. The first-order valence-electron chi connectivity index (χ1n) is 20.7. The van der Waals surface area contributed by atoms with Crippen molar-refractivity contribution in [2.45, 2.75) is 180 Å². The molecule has 4 N–H and O–H groups in total. The normalized spacial score (nSPS) is 13.8. The molecule has 2 atom stereocenters. The first kappa shape index (κ1) is 46.8. The van der Waals surface area contributed by atoms with Gasteiger partial charge in [0.2, 0.25) is 0 Å². The van der Waals surface area contributed by atoms with Crippen molar-refractivity contribution < 1.29 is 10.2 Å². The Hall–Kier alpha value is -1.24. The number of nitrogens with one attached hydrogen (secondary N) is 2. The van der Waals surface area contributed by atoms with E-state index in [9.17, 15) is 10.2 Å². The third kappa shape index (κ3) is 39.2. The van der Waals surface area contributed by atoms with Crippen LogP contribution < -0.4 is 10.6 Å². The fraction of sp³-hybridized carbons (Fsp3) is 0.814. The van der Waals surface area contributed by atoms with Gasteiger partial charge in [0, 0.05) is 39.3 Å². The average molecular weight is 674 g/mol. The first-order chi connectivity index (χ1) is 23.6. The molecule has 0 aliphatic carbocycles. The Bertz CT molecular complexity index is 676. The number of likely N-dealkylation sites (N-methyl/N-ethyl adjacent to an activating group) is 1. The molecule has 0 radical (unpaired) electrons. The smallest absolute Gasteiger partial charge is 0.0664 e. The minimum atomic E-state index is -0.236. The molecule has 0 saturated heterocycles. The van der Waals surface area contributed by atoms with Crippen LogP contribution >= 0.6 is 0 Å². The maximum absolute atomic E-state index is 10.3. The van der Waals surface area contributed by atoms with E-state index in [1.54, 1.807) is 0 Å². The molecular weight excluding hydrogens is 590 g/mol. The summed E-state index contributed by atoms with van der Waals surface area (Å²) in [5.74, 6) is 0. The number of aliphatic hydroxyl groups is 2. The molecule has 0 heterocycles. The van der Waals surface area contributed by atoms with E-state index in [2.05, 4.69) is 85.0 Å². The summed E-state index contributed by atoms with van der Waals surface area (Å²) >= 11 is 0. The Kier molecular flexibility index (Phi) is 39.2. The van der Waals surface area contributed by atoms with Crippen LogP contribution in [0.4, 0.5) is 0 Å². The highest BCUT2D eigenvalue weighted by molar-refractivity contribution is 4.93. The van der Waals surface area contributed by atoms with Crippen molar-refractivity contribution in [3.8, 4) is 0 Å². The third-order valence-corrected chi connectivity index (χ3v) is 9.08. The second kappa shape index (κ2) is 40.2. The van der Waals surface area contributed by atoms with E-state index in [1.165, 1.54) is 116 Å². The van der Waals surface area contributed by atoms with Crippen LogP contribution in [0, 0.1) is 0 Å². The predicted octanol–water partition coefficient (Wildman–Crippen LogP) is 10.4. The maximum atomic E-state index is 10.3. The molecule has 5 nitrogen and oxygen atoms in total. The van der Waals surface area contributed by atoms with Crippen molar-refractivity contribution in [1.29, 1.82) is 0 Å². The number of hydrogen-bond donors (Lipinski definition) is 4. The largest absolute Gasteiger partial charge is 0.392 e. The van der Waals surface area contributed by atoms with E-state index >= 15 is 0 Å². The van der Waals surface area contributed by atoms with Crippen molar-refractivity contribution in [3.05, 3.63) is 48.6 Å². The summed E-state index contributed by atoms with van der Waals surface area (Å²) < 4.78 is 0. The first-order valence-corrected chi connectivity index (χ1v) is 20.7. The van der Waals surface area contributed by atoms with Gasteiger partial charge in [-0.3, -0.25) is 0 Å². The third-order valence-electron chi connectivity index (χ3n) is 9.08. The number of rotatable bonds is 38. The van der Waals surface area contributed by atoms with Crippen LogP contribution in [0.15, 0.2) is 48.6 Å². The Morgan fingerprint density at radius 1 is 0.458 bits per heavy atom. The van der Waals surface area contributed by atoms with Crippen LogP contribution in [0.3, 0.4) is 0 Å². The maximum Gasteiger partial charge on any atom is 0.0664 e. The highest BCUT2D eigenvalue weighted by Gasteiger charge is 2.06. The second-order valence-corrected chi connectivity index (χ2v) is 14.1. The molecule has 48 heavy (non-hydrogen) atoms. The van der Waals surface area contributed by atoms with Gasteiger partial charge in [-0.2, -0.15) is 0 Å². The van der Waals surface area contributed by atoms with Gasteiger partial charge in [0.25, 0.3) is 0 Å². The zero-order valence-corrected chi connectivity index (χ0v) is 32.3. The van der Waals surface area contributed by atoms with E-state index in [-0.39, 0.29) is 12.2 Å². The highest BCUT2D eigenvalue weighted by atomic mass is 16.3. The summed E-state index contributed by atoms with van der Waals surface area (Å²) in [6.45, 7) is 9.58. The zero-order valence-electron chi connectivity index (χ0n) is 32.3. The van der Waals surface area contributed by atoms with Crippen molar-refractivity contribution in [2.24, 2.45) is 0 Å². The molecule has 2 unspecified atom stereocenters. The SMILES string of the molecule is CCCC/C=C\C/C=C\CCCCCCCCC(O)CNCCN(C)CCNCC(O)CCCCCCCC/C=C\C/C=C\CCCC. The summed E-state index contributed by atoms with van der Waals surface area (Å²) in [5, 5.41) is 27.4. The van der Waals surface area contributed by atoms with Gasteiger partial charge in [-0.25, -0.2) is 0 Å². The van der Waals surface area contributed by atoms with Crippen LogP contribution in [0.2, 0.25) is 0 Å².